The van der Waals surface area contributed by atoms with Crippen LogP contribution in [0.25, 0.3) is 0 Å². The molecule has 0 heterocycles. The molecule has 0 saturated heterocycles. The Kier molecular flexibility index (Phi) is 11.7. The van der Waals surface area contributed by atoms with Gasteiger partial charge < -0.3 is 15.2 Å². The fraction of sp³-hybridized carbons (Fsp3) is 0.500. The Morgan fingerprint density at radius 1 is 0.800 bits per heavy atom. The first-order valence-corrected chi connectivity index (χ1v) is 12.6. The number of nitro groups is 2. The van der Waals surface area contributed by atoms with Crippen LogP contribution >= 0.6 is 0 Å². The zero-order valence-electron chi connectivity index (χ0n) is 24.1. The summed E-state index contributed by atoms with van der Waals surface area (Å²) in [5.74, 6) is -2.07. The van der Waals surface area contributed by atoms with Gasteiger partial charge in [-0.3, -0.25) is 29.8 Å². The summed E-state index contributed by atoms with van der Waals surface area (Å²) in [6.45, 7) is 14.2. The van der Waals surface area contributed by atoms with Gasteiger partial charge in [-0.25, -0.2) is 0 Å². The van der Waals surface area contributed by atoms with Gasteiger partial charge >= 0.3 is 17.6 Å². The molecule has 11 nitrogen and oxygen atoms in total. The third-order valence-electron chi connectivity index (χ3n) is 5.34. The van der Waals surface area contributed by atoms with E-state index in [4.69, 9.17) is 15.2 Å². The number of anilines is 1. The van der Waals surface area contributed by atoms with E-state index in [1.807, 2.05) is 6.92 Å². The Labute approximate surface area is 233 Å². The lowest BCUT2D eigenvalue weighted by Crippen LogP contribution is -2.24. The Morgan fingerprint density at radius 2 is 1.18 bits per heavy atom. The van der Waals surface area contributed by atoms with Crippen LogP contribution in [0.4, 0.5) is 21.5 Å². The molecule has 40 heavy (non-hydrogen) atoms. The summed E-state index contributed by atoms with van der Waals surface area (Å²) in [4.78, 5) is 43.7. The van der Waals surface area contributed by atoms with Crippen LogP contribution in [0, 0.1) is 26.0 Å². The monoisotopic (exact) mass is 563 g/mol. The number of halogens is 1. The lowest BCUT2D eigenvalue weighted by atomic mass is 9.97. The predicted molar refractivity (Wildman–Crippen MR) is 148 cm³/mol. The minimum Gasteiger partial charge on any atom is -0.460 e. The van der Waals surface area contributed by atoms with Gasteiger partial charge in [-0.05, 0) is 76.6 Å². The van der Waals surface area contributed by atoms with E-state index in [2.05, 4.69) is 0 Å². The Hall–Kier alpha value is -4.09. The molecule has 0 radical (unpaired) electrons. The maximum atomic E-state index is 13.2. The van der Waals surface area contributed by atoms with E-state index in [0.717, 1.165) is 12.1 Å². The maximum absolute atomic E-state index is 13.2. The molecule has 2 atom stereocenters. The van der Waals surface area contributed by atoms with Crippen LogP contribution < -0.4 is 5.73 Å². The average molecular weight is 564 g/mol. The van der Waals surface area contributed by atoms with E-state index in [-0.39, 0.29) is 42.0 Å². The topological polar surface area (TPSA) is 165 Å². The molecule has 0 saturated carbocycles. The van der Waals surface area contributed by atoms with Crippen LogP contribution in [-0.4, -0.2) is 33.0 Å². The van der Waals surface area contributed by atoms with Gasteiger partial charge in [0.2, 0.25) is 5.82 Å². The number of nitrogens with two attached hydrogens (primary N) is 1. The van der Waals surface area contributed by atoms with Crippen LogP contribution in [0.5, 0.6) is 0 Å². The van der Waals surface area contributed by atoms with Crippen molar-refractivity contribution in [1.29, 1.82) is 0 Å². The zero-order chi connectivity index (χ0) is 31.0. The lowest BCUT2D eigenvalue weighted by Gasteiger charge is -2.21. The molecule has 0 spiro atoms. The third-order valence-corrected chi connectivity index (χ3v) is 5.34. The van der Waals surface area contributed by atoms with Gasteiger partial charge in [0.15, 0.2) is 0 Å². The zero-order valence-corrected chi connectivity index (χ0v) is 24.1. The number of hydrogen-bond acceptors (Lipinski definition) is 9. The van der Waals surface area contributed by atoms with Crippen molar-refractivity contribution in [2.24, 2.45) is 0 Å². The molecule has 0 aromatic heterocycles. The predicted octanol–water partition coefficient (Wildman–Crippen LogP) is 6.58. The lowest BCUT2D eigenvalue weighted by molar-refractivity contribution is -0.387. The second kappa shape index (κ2) is 13.8. The normalized spacial score (nSPS) is 12.8. The molecule has 220 valence electrons. The molecule has 0 aliphatic rings. The van der Waals surface area contributed by atoms with Crippen LogP contribution in [0.3, 0.4) is 0 Å². The van der Waals surface area contributed by atoms with Gasteiger partial charge in [0, 0.05) is 12.1 Å². The number of nitrogen functional groups attached to an aromatic ring is 1. The number of esters is 2. The maximum Gasteiger partial charge on any atom is 0.306 e. The Morgan fingerprint density at radius 3 is 1.55 bits per heavy atom. The second-order valence-electron chi connectivity index (χ2n) is 11.4. The standard InChI is InChI=1S/C14H18FNO4.C14H20N2O4/c2*1-9(7-13(17)20-14(2,3)4)10-5-6-11(15)12(8-10)16(18)19/h5-6,8-9H,7H2,1-4H3;5-6,8-9H,7,15H2,1-4H3. The summed E-state index contributed by atoms with van der Waals surface area (Å²) in [7, 11) is 0. The summed E-state index contributed by atoms with van der Waals surface area (Å²) >= 11 is 0. The highest BCUT2D eigenvalue weighted by Gasteiger charge is 2.23. The summed E-state index contributed by atoms with van der Waals surface area (Å²) in [6.07, 6.45) is 0.248. The number of nitro benzene ring substituents is 2. The van der Waals surface area contributed by atoms with E-state index >= 15 is 0 Å². The number of carbonyl (C=O) groups excluding carboxylic acids is 2. The number of nitrogens with zero attached hydrogens (tertiary/aromatic N) is 2. The van der Waals surface area contributed by atoms with E-state index in [0.29, 0.717) is 11.1 Å². The van der Waals surface area contributed by atoms with Crippen LogP contribution in [0.2, 0.25) is 0 Å². The first-order chi connectivity index (χ1) is 18.2. The molecule has 0 fully saturated rings. The van der Waals surface area contributed by atoms with Gasteiger partial charge in [0.05, 0.1) is 22.7 Å². The minimum atomic E-state index is -0.886. The van der Waals surface area contributed by atoms with Gasteiger partial charge in [-0.15, -0.1) is 0 Å². The van der Waals surface area contributed by atoms with Crippen LogP contribution in [-0.2, 0) is 19.1 Å². The van der Waals surface area contributed by atoms with Crippen molar-refractivity contribution < 1.29 is 33.3 Å². The summed E-state index contributed by atoms with van der Waals surface area (Å²) in [5, 5.41) is 21.5. The Bertz CT molecular complexity index is 1140. The summed E-state index contributed by atoms with van der Waals surface area (Å²) in [5.41, 5.74) is 5.04. The van der Waals surface area contributed by atoms with Crippen molar-refractivity contribution in [2.45, 2.75) is 91.3 Å². The number of rotatable bonds is 8. The molecular formula is C28H38FN3O8. The molecule has 0 bridgehead atoms. The van der Waals surface area contributed by atoms with Crippen molar-refractivity contribution in [2.75, 3.05) is 5.73 Å². The van der Waals surface area contributed by atoms with Gasteiger partial charge in [0.1, 0.15) is 16.9 Å². The first kappa shape index (κ1) is 33.9. The highest BCUT2D eigenvalue weighted by molar-refractivity contribution is 5.71. The molecular weight excluding hydrogens is 525 g/mol. The number of carbonyl (C=O) groups is 2. The highest BCUT2D eigenvalue weighted by atomic mass is 19.1. The summed E-state index contributed by atoms with van der Waals surface area (Å²) < 4.78 is 23.7. The number of ether oxygens (including phenoxy) is 2. The molecule has 0 aliphatic carbocycles. The Balaban J connectivity index is 0.000000400. The van der Waals surface area contributed by atoms with Crippen molar-refractivity contribution in [1.82, 2.24) is 0 Å². The minimum absolute atomic E-state index is 0.0834. The first-order valence-electron chi connectivity index (χ1n) is 12.6. The van der Waals surface area contributed by atoms with Crippen molar-refractivity contribution >= 4 is 29.0 Å². The molecule has 12 heteroatoms. The molecule has 0 amide bonds. The molecule has 2 aromatic carbocycles. The SMILES string of the molecule is CC(CC(=O)OC(C)(C)C)c1ccc(F)c([N+](=O)[O-])c1.CC(CC(=O)OC(C)(C)C)c1ccc(N)c([N+](=O)[O-])c1. The quantitative estimate of drug-likeness (QED) is 0.161. The molecule has 2 rings (SSSR count). The molecule has 2 unspecified atom stereocenters. The molecule has 2 N–H and O–H groups in total. The van der Waals surface area contributed by atoms with Crippen LogP contribution in [0.1, 0.15) is 91.2 Å². The number of hydrogen-bond donors (Lipinski definition) is 1. The smallest absolute Gasteiger partial charge is 0.306 e. The van der Waals surface area contributed by atoms with E-state index < -0.39 is 38.5 Å². The van der Waals surface area contributed by atoms with E-state index in [1.54, 1.807) is 54.5 Å². The largest absolute Gasteiger partial charge is 0.460 e. The van der Waals surface area contributed by atoms with E-state index in [1.165, 1.54) is 18.2 Å². The van der Waals surface area contributed by atoms with Gasteiger partial charge in [-0.2, -0.15) is 4.39 Å². The van der Waals surface area contributed by atoms with Gasteiger partial charge in [-0.1, -0.05) is 26.0 Å². The average Bonchev–Trinajstić information content (AvgIpc) is 2.76. The van der Waals surface area contributed by atoms with Crippen molar-refractivity contribution in [3.8, 4) is 0 Å². The molecule has 0 aliphatic heterocycles. The van der Waals surface area contributed by atoms with Crippen molar-refractivity contribution in [3.63, 3.8) is 0 Å². The number of benzene rings is 2. The molecule has 2 aromatic rings. The van der Waals surface area contributed by atoms with E-state index in [9.17, 15) is 34.2 Å². The third kappa shape index (κ3) is 11.7. The second-order valence-corrected chi connectivity index (χ2v) is 11.4. The van der Waals surface area contributed by atoms with Crippen molar-refractivity contribution in [3.05, 3.63) is 73.6 Å². The highest BCUT2D eigenvalue weighted by Crippen LogP contribution is 2.29. The fourth-order valence-corrected chi connectivity index (χ4v) is 3.50. The van der Waals surface area contributed by atoms with Gasteiger partial charge in [0.25, 0.3) is 5.69 Å². The van der Waals surface area contributed by atoms with Crippen LogP contribution in [0.15, 0.2) is 36.4 Å². The fourth-order valence-electron chi connectivity index (χ4n) is 3.50. The summed E-state index contributed by atoms with van der Waals surface area (Å²) in [6, 6.07) is 8.22.